The number of benzene rings is 1. The zero-order chi connectivity index (χ0) is 14.8. The van der Waals surface area contributed by atoms with Gasteiger partial charge in [0.05, 0.1) is 7.11 Å². The Kier molecular flexibility index (Phi) is 3.79. The second-order valence-electron chi connectivity index (χ2n) is 4.79. The van der Waals surface area contributed by atoms with Crippen LogP contribution in [0.2, 0.25) is 0 Å². The number of fused-ring (bicyclic) bond motifs is 1. The SMILES string of the molecule is COc1ccc(CSc2nnc3nc(C)cc(C)n23)cc1. The number of aromatic nitrogens is 4. The topological polar surface area (TPSA) is 52.3 Å². The number of aryl methyl sites for hydroxylation is 2. The molecule has 1 aromatic carbocycles. The van der Waals surface area contributed by atoms with Gasteiger partial charge in [0.1, 0.15) is 5.75 Å². The van der Waals surface area contributed by atoms with E-state index in [-0.39, 0.29) is 0 Å². The highest BCUT2D eigenvalue weighted by molar-refractivity contribution is 7.98. The molecular weight excluding hydrogens is 284 g/mol. The Labute approximate surface area is 127 Å². The quantitative estimate of drug-likeness (QED) is 0.693. The summed E-state index contributed by atoms with van der Waals surface area (Å²) in [5, 5.41) is 9.24. The lowest BCUT2D eigenvalue weighted by atomic mass is 10.2. The van der Waals surface area contributed by atoms with Crippen LogP contribution in [-0.2, 0) is 5.75 Å². The summed E-state index contributed by atoms with van der Waals surface area (Å²) >= 11 is 1.65. The van der Waals surface area contributed by atoms with E-state index in [1.54, 1.807) is 18.9 Å². The molecule has 3 aromatic rings. The van der Waals surface area contributed by atoms with Crippen LogP contribution in [0.1, 0.15) is 17.0 Å². The van der Waals surface area contributed by atoms with Gasteiger partial charge in [-0.1, -0.05) is 23.9 Å². The number of hydrogen-bond donors (Lipinski definition) is 0. The number of hydrogen-bond acceptors (Lipinski definition) is 5. The molecule has 0 aliphatic rings. The summed E-state index contributed by atoms with van der Waals surface area (Å²) in [7, 11) is 1.67. The van der Waals surface area contributed by atoms with Crippen molar-refractivity contribution in [2.24, 2.45) is 0 Å². The average molecular weight is 300 g/mol. The van der Waals surface area contributed by atoms with E-state index in [1.807, 2.05) is 36.4 Å². The van der Waals surface area contributed by atoms with E-state index in [0.717, 1.165) is 28.0 Å². The number of rotatable bonds is 4. The molecule has 0 atom stereocenters. The molecule has 108 valence electrons. The Morgan fingerprint density at radius 1 is 1.14 bits per heavy atom. The molecule has 0 saturated heterocycles. The fraction of sp³-hybridized carbons (Fsp3) is 0.267. The average Bonchev–Trinajstić information content (AvgIpc) is 2.89. The van der Waals surface area contributed by atoms with Gasteiger partial charge in [-0.15, -0.1) is 10.2 Å². The summed E-state index contributed by atoms with van der Waals surface area (Å²) < 4.78 is 7.15. The van der Waals surface area contributed by atoms with E-state index in [1.165, 1.54) is 5.56 Å². The van der Waals surface area contributed by atoms with E-state index in [4.69, 9.17) is 4.74 Å². The summed E-state index contributed by atoms with van der Waals surface area (Å²) in [6, 6.07) is 10.1. The molecule has 5 nitrogen and oxygen atoms in total. The van der Waals surface area contributed by atoms with E-state index >= 15 is 0 Å². The molecule has 0 aliphatic carbocycles. The molecule has 0 bridgehead atoms. The molecule has 3 rings (SSSR count). The lowest BCUT2D eigenvalue weighted by Crippen LogP contribution is -1.97. The van der Waals surface area contributed by atoms with Crippen LogP contribution in [0.3, 0.4) is 0 Å². The molecule has 0 N–H and O–H groups in total. The summed E-state index contributed by atoms with van der Waals surface area (Å²) in [6.45, 7) is 4.01. The second-order valence-corrected chi connectivity index (χ2v) is 5.74. The molecular formula is C15H16N4OS. The Balaban J connectivity index is 1.81. The fourth-order valence-electron chi connectivity index (χ4n) is 2.16. The van der Waals surface area contributed by atoms with Crippen LogP contribution in [0, 0.1) is 13.8 Å². The van der Waals surface area contributed by atoms with Gasteiger partial charge in [0, 0.05) is 17.1 Å². The second kappa shape index (κ2) is 5.73. The molecule has 0 radical (unpaired) electrons. The maximum Gasteiger partial charge on any atom is 0.256 e. The van der Waals surface area contributed by atoms with E-state index in [9.17, 15) is 0 Å². The third-order valence-electron chi connectivity index (χ3n) is 3.19. The van der Waals surface area contributed by atoms with Crippen LogP contribution in [0.25, 0.3) is 5.78 Å². The standard InChI is InChI=1S/C15H16N4OS/c1-10-8-11(2)19-14(16-10)17-18-15(19)21-9-12-4-6-13(20-3)7-5-12/h4-8H,9H2,1-3H3. The van der Waals surface area contributed by atoms with E-state index in [0.29, 0.717) is 5.78 Å². The van der Waals surface area contributed by atoms with Crippen molar-refractivity contribution in [1.29, 1.82) is 0 Å². The Hall–Kier alpha value is -2.08. The van der Waals surface area contributed by atoms with Gasteiger partial charge in [0.2, 0.25) is 0 Å². The van der Waals surface area contributed by atoms with Gasteiger partial charge in [-0.25, -0.2) is 4.98 Å². The smallest absolute Gasteiger partial charge is 0.256 e. The summed E-state index contributed by atoms with van der Waals surface area (Å²) in [5.74, 6) is 2.36. The lowest BCUT2D eigenvalue weighted by Gasteiger charge is -2.05. The highest BCUT2D eigenvalue weighted by Crippen LogP contribution is 2.23. The van der Waals surface area contributed by atoms with Gasteiger partial charge in [0.25, 0.3) is 5.78 Å². The van der Waals surface area contributed by atoms with Gasteiger partial charge < -0.3 is 4.74 Å². The van der Waals surface area contributed by atoms with E-state index in [2.05, 4.69) is 27.3 Å². The lowest BCUT2D eigenvalue weighted by molar-refractivity contribution is 0.414. The van der Waals surface area contributed by atoms with Crippen LogP contribution in [-0.4, -0.2) is 26.7 Å². The minimum absolute atomic E-state index is 0.657. The van der Waals surface area contributed by atoms with Crippen molar-refractivity contribution in [2.45, 2.75) is 24.8 Å². The maximum absolute atomic E-state index is 5.16. The van der Waals surface area contributed by atoms with Crippen LogP contribution >= 0.6 is 11.8 Å². The van der Waals surface area contributed by atoms with Crippen molar-refractivity contribution in [3.63, 3.8) is 0 Å². The predicted molar refractivity (Wildman–Crippen MR) is 82.8 cm³/mol. The normalized spacial score (nSPS) is 11.0. The molecule has 6 heteroatoms. The zero-order valence-corrected chi connectivity index (χ0v) is 13.0. The molecule has 2 aromatic heterocycles. The Morgan fingerprint density at radius 2 is 1.90 bits per heavy atom. The van der Waals surface area contributed by atoms with E-state index < -0.39 is 0 Å². The summed E-state index contributed by atoms with van der Waals surface area (Å²) in [5.41, 5.74) is 3.27. The first-order valence-corrected chi connectivity index (χ1v) is 7.61. The predicted octanol–water partition coefficient (Wildman–Crippen LogP) is 3.04. The van der Waals surface area contributed by atoms with Crippen LogP contribution in [0.4, 0.5) is 0 Å². The van der Waals surface area contributed by atoms with Gasteiger partial charge in [0.15, 0.2) is 5.16 Å². The number of nitrogens with zero attached hydrogens (tertiary/aromatic N) is 4. The van der Waals surface area contributed by atoms with Crippen molar-refractivity contribution in [1.82, 2.24) is 19.6 Å². The number of thioether (sulfide) groups is 1. The summed E-state index contributed by atoms with van der Waals surface area (Å²) in [6.07, 6.45) is 0. The molecule has 2 heterocycles. The molecule has 0 amide bonds. The highest BCUT2D eigenvalue weighted by Gasteiger charge is 2.10. The molecule has 21 heavy (non-hydrogen) atoms. The molecule has 0 unspecified atom stereocenters. The maximum atomic E-state index is 5.16. The highest BCUT2D eigenvalue weighted by atomic mass is 32.2. The molecule has 0 aliphatic heterocycles. The molecule has 0 spiro atoms. The van der Waals surface area contributed by atoms with Crippen molar-refractivity contribution < 1.29 is 4.74 Å². The Morgan fingerprint density at radius 3 is 2.62 bits per heavy atom. The van der Waals surface area contributed by atoms with Crippen molar-refractivity contribution in [2.75, 3.05) is 7.11 Å². The van der Waals surface area contributed by atoms with Crippen molar-refractivity contribution in [3.05, 3.63) is 47.3 Å². The third kappa shape index (κ3) is 2.85. The van der Waals surface area contributed by atoms with Crippen LogP contribution in [0.5, 0.6) is 5.75 Å². The molecule has 0 saturated carbocycles. The van der Waals surface area contributed by atoms with Crippen LogP contribution < -0.4 is 4.74 Å². The summed E-state index contributed by atoms with van der Waals surface area (Å²) in [4.78, 5) is 4.39. The van der Waals surface area contributed by atoms with Gasteiger partial charge in [-0.2, -0.15) is 0 Å². The third-order valence-corrected chi connectivity index (χ3v) is 4.19. The zero-order valence-electron chi connectivity index (χ0n) is 12.2. The first-order valence-electron chi connectivity index (χ1n) is 6.62. The van der Waals surface area contributed by atoms with Crippen molar-refractivity contribution in [3.8, 4) is 5.75 Å². The van der Waals surface area contributed by atoms with Gasteiger partial charge in [-0.05, 0) is 37.6 Å². The Bertz CT molecular complexity index is 767. The monoisotopic (exact) mass is 300 g/mol. The van der Waals surface area contributed by atoms with Gasteiger partial charge in [-0.3, -0.25) is 4.40 Å². The number of ether oxygens (including phenoxy) is 1. The minimum atomic E-state index is 0.657. The van der Waals surface area contributed by atoms with Gasteiger partial charge >= 0.3 is 0 Å². The first kappa shape index (κ1) is 13.9. The first-order chi connectivity index (χ1) is 10.2. The van der Waals surface area contributed by atoms with Crippen LogP contribution in [0.15, 0.2) is 35.5 Å². The minimum Gasteiger partial charge on any atom is -0.497 e. The van der Waals surface area contributed by atoms with Crippen molar-refractivity contribution >= 4 is 17.5 Å². The molecule has 0 fully saturated rings. The fourth-order valence-corrected chi connectivity index (χ4v) is 3.10. The largest absolute Gasteiger partial charge is 0.497 e. The number of methoxy groups -OCH3 is 1.